The molecule has 85 heavy (non-hydrogen) atoms. The molecule has 5 rings (SSSR count). The Kier molecular flexibility index (Phi) is 24.0. The smallest absolute Gasteiger partial charge is 0.397 e. The lowest BCUT2D eigenvalue weighted by Gasteiger charge is -2.50. The number of aliphatic hydroxyl groups excluding tert-OH is 7. The predicted molar refractivity (Wildman–Crippen MR) is 243 cm³/mol. The molecule has 48 nitrogen and oxygen atoms in total. The summed E-state index contributed by atoms with van der Waals surface area (Å²) in [6, 6.07) is -5.72. The van der Waals surface area contributed by atoms with Gasteiger partial charge in [0.25, 0.3) is 0 Å². The molecule has 5 aliphatic heterocycles. The minimum atomic E-state index is -6.30. The number of aliphatic carboxylic acids is 2. The molecule has 0 aromatic heterocycles. The Hall–Kier alpha value is -2.61. The van der Waals surface area contributed by atoms with Crippen LogP contribution >= 0.6 is 0 Å². The summed E-state index contributed by atoms with van der Waals surface area (Å²) in [7, 11) is -40.6. The van der Waals surface area contributed by atoms with Gasteiger partial charge < -0.3 is 88.6 Å². The molecule has 0 unspecified atom stereocenters. The van der Waals surface area contributed by atoms with E-state index in [1.807, 2.05) is 0 Å². The lowest BCUT2D eigenvalue weighted by atomic mass is 9.94. The van der Waals surface area contributed by atoms with Crippen LogP contribution in [0.2, 0.25) is 0 Å². The standard InChI is InChI=1S/C30H50N2O46S7/c33-1-5-12(35)17(7(68-5)3-66-82(53,54)55)71-30-22(78-85(62,63)64)16(39)21(24(76-30)26(42)43)74-28-10(32-80(47,48)49)19(77-84(59,60)61)18(8(70-28)4-67-83(56,57)58)72-29-15(38)14(37)20(23(75-29)25(40)41)73-27-9(31-79(44,45)46)13(36)11(34)6(69-27)2-65-81(50,51)52/h5-24,27-39H,1-4H2,(H,40,41)(H,42,43)(H,44,45,46)(H,47,48,49)(H,50,51,52)(H,53,54,55)(H,56,57,58)(H,59,60,61)(H,62,63,64)/t5-,6+,7+,8+,9+,10+,11+,12+,13+,14+,15+,16-,17+,18+,19+,20-,21-,22+,23-,24+,27+,28+,29+,30+/m0/s1. The molecule has 5 aliphatic rings. The Morgan fingerprint density at radius 2 is 0.753 bits per heavy atom. The van der Waals surface area contributed by atoms with Crippen LogP contribution in [0.25, 0.3) is 0 Å². The van der Waals surface area contributed by atoms with Crippen LogP contribution in [0.5, 0.6) is 0 Å². The Morgan fingerprint density at radius 3 is 1.20 bits per heavy atom. The summed E-state index contributed by atoms with van der Waals surface area (Å²) in [5.41, 5.74) is 0. The van der Waals surface area contributed by atoms with E-state index in [9.17, 15) is 137 Å². The molecular formula is C30H50N2O46S7. The molecule has 0 saturated carbocycles. The Morgan fingerprint density at radius 1 is 0.365 bits per heavy atom. The molecule has 18 N–H and O–H groups in total. The van der Waals surface area contributed by atoms with Crippen LogP contribution < -0.4 is 9.44 Å². The van der Waals surface area contributed by atoms with Crippen molar-refractivity contribution < 1.29 is 210 Å². The van der Waals surface area contributed by atoms with Crippen molar-refractivity contribution in [3.05, 3.63) is 0 Å². The van der Waals surface area contributed by atoms with Gasteiger partial charge >= 0.3 is 84.5 Å². The van der Waals surface area contributed by atoms with Gasteiger partial charge in [0.05, 0.1) is 26.4 Å². The van der Waals surface area contributed by atoms with Gasteiger partial charge in [-0.25, -0.2) is 30.5 Å². The molecule has 498 valence electrons. The third-order valence-corrected chi connectivity index (χ3v) is 15.2. The van der Waals surface area contributed by atoms with Crippen molar-refractivity contribution in [2.24, 2.45) is 0 Å². The van der Waals surface area contributed by atoms with E-state index in [0.717, 1.165) is 4.72 Å². The SMILES string of the molecule is O=C(O)[C@H]1O[C@@H](O[C@H]2[C@H](OS(=O)(=O)O)[C@@H](NS(=O)(=O)O)[C@@H](O[C@H]3[C@H](O)[C@@H](OS(=O)(=O)O)[C@H](O[C@H]4[C@H](O)[C@H](CO)O[C@@H]4COS(=O)(=O)O)O[C@H]3C(=O)O)O[C@@H]2COS(=O)(=O)O)[C@H](O)[C@@H](O)[C@@H]1O[C@H]1O[C@H](COS(=O)(=O)O)[C@@H](O)[C@H](O)[C@H]1NS(=O)(=O)O. The van der Waals surface area contributed by atoms with E-state index in [4.69, 9.17) is 51.7 Å². The third kappa shape index (κ3) is 20.7. The lowest BCUT2D eigenvalue weighted by molar-refractivity contribution is -0.369. The highest BCUT2D eigenvalue weighted by Crippen LogP contribution is 2.38. The summed E-state index contributed by atoms with van der Waals surface area (Å²) in [5.74, 6) is -4.78. The molecule has 0 radical (unpaired) electrons. The normalized spacial score (nSPS) is 39.3. The van der Waals surface area contributed by atoms with E-state index in [1.165, 1.54) is 4.72 Å². The van der Waals surface area contributed by atoms with Crippen molar-refractivity contribution in [1.29, 1.82) is 0 Å². The predicted octanol–water partition coefficient (Wildman–Crippen LogP) is -13.1. The Bertz CT molecular complexity index is 3150. The van der Waals surface area contributed by atoms with Crippen LogP contribution in [0.1, 0.15) is 0 Å². The number of aliphatic hydroxyl groups is 7. The molecule has 0 bridgehead atoms. The zero-order chi connectivity index (χ0) is 64.7. The van der Waals surface area contributed by atoms with Gasteiger partial charge in [0.2, 0.25) is 0 Å². The monoisotopic (exact) mass is 1400 g/mol. The first-order valence-corrected chi connectivity index (χ1v) is 32.0. The van der Waals surface area contributed by atoms with E-state index >= 15 is 0 Å². The van der Waals surface area contributed by atoms with Crippen molar-refractivity contribution in [3.8, 4) is 0 Å². The summed E-state index contributed by atoms with van der Waals surface area (Å²) in [4.78, 5) is 25.6. The second kappa shape index (κ2) is 27.9. The topological polar surface area (TPSA) is 750 Å². The fraction of sp³-hybridized carbons (Fsp3) is 0.933. The number of nitrogens with one attached hydrogen (secondary N) is 2. The molecule has 0 aliphatic carbocycles. The minimum absolute atomic E-state index is 1.14. The van der Waals surface area contributed by atoms with Crippen LogP contribution in [-0.4, -0.2) is 322 Å². The third-order valence-electron chi connectivity index (χ3n) is 11.9. The van der Waals surface area contributed by atoms with Gasteiger partial charge in [-0.1, -0.05) is 0 Å². The lowest BCUT2D eigenvalue weighted by Crippen LogP contribution is -2.71. The van der Waals surface area contributed by atoms with E-state index in [1.54, 1.807) is 0 Å². The summed E-state index contributed by atoms with van der Waals surface area (Å²) in [6.07, 6.45) is -60.6. The molecule has 0 aromatic carbocycles. The Balaban J connectivity index is 1.57. The van der Waals surface area contributed by atoms with Gasteiger partial charge in [0, 0.05) is 0 Å². The number of carboxylic acid groups (broad SMARTS) is 2. The van der Waals surface area contributed by atoms with Crippen LogP contribution in [0.4, 0.5) is 0 Å². The second-order valence-corrected chi connectivity index (χ2v) is 25.4. The molecule has 0 amide bonds. The highest BCUT2D eigenvalue weighted by Gasteiger charge is 2.61. The van der Waals surface area contributed by atoms with Gasteiger partial charge in [0.1, 0.15) is 104 Å². The Labute approximate surface area is 475 Å². The fourth-order valence-electron chi connectivity index (χ4n) is 8.53. The summed E-state index contributed by atoms with van der Waals surface area (Å²) < 4.78 is 305. The first kappa shape index (κ1) is 73.1. The van der Waals surface area contributed by atoms with E-state index in [2.05, 4.69) is 20.9 Å². The molecule has 55 heteroatoms. The summed E-state index contributed by atoms with van der Waals surface area (Å²) >= 11 is 0. The van der Waals surface area contributed by atoms with Gasteiger partial charge in [-0.15, -0.1) is 0 Å². The maximum atomic E-state index is 12.8. The molecule has 0 spiro atoms. The van der Waals surface area contributed by atoms with E-state index < -0.39 is 258 Å². The number of carboxylic acids is 2. The highest BCUT2D eigenvalue weighted by atomic mass is 32.3. The second-order valence-electron chi connectivity index (χ2n) is 17.7. The van der Waals surface area contributed by atoms with E-state index in [0.29, 0.717) is 0 Å². The molecule has 0 aromatic rings. The van der Waals surface area contributed by atoms with Crippen LogP contribution in [0, 0.1) is 0 Å². The van der Waals surface area contributed by atoms with Crippen molar-refractivity contribution >= 4 is 84.5 Å². The number of ether oxygens (including phenoxy) is 9. The summed E-state index contributed by atoms with van der Waals surface area (Å²) in [5, 5.41) is 96.5. The number of hydrogen-bond donors (Lipinski definition) is 18. The highest BCUT2D eigenvalue weighted by molar-refractivity contribution is 7.84. The zero-order valence-electron chi connectivity index (χ0n) is 40.9. The van der Waals surface area contributed by atoms with Crippen molar-refractivity contribution in [2.45, 2.75) is 147 Å². The van der Waals surface area contributed by atoms with Gasteiger partial charge in [-0.3, -0.25) is 31.9 Å². The first-order valence-electron chi connectivity index (χ1n) is 22.3. The maximum absolute atomic E-state index is 12.8. The molecular weight excluding hydrogens is 1350 g/mol. The molecule has 24 atom stereocenters. The summed E-state index contributed by atoms with van der Waals surface area (Å²) in [6.45, 7) is -5.91. The first-order chi connectivity index (χ1) is 38.6. The van der Waals surface area contributed by atoms with E-state index in [-0.39, 0.29) is 0 Å². The maximum Gasteiger partial charge on any atom is 0.397 e. The number of carbonyl (C=O) groups is 2. The van der Waals surface area contributed by atoms with Crippen molar-refractivity contribution in [3.63, 3.8) is 0 Å². The number of hydrogen-bond acceptors (Lipinski definition) is 37. The zero-order valence-corrected chi connectivity index (χ0v) is 46.7. The largest absolute Gasteiger partial charge is 0.479 e. The quantitative estimate of drug-likeness (QED) is 0.0324. The average Bonchev–Trinajstić information content (AvgIpc) is 3.01. The van der Waals surface area contributed by atoms with Gasteiger partial charge in [0.15, 0.2) is 43.5 Å². The minimum Gasteiger partial charge on any atom is -0.479 e. The van der Waals surface area contributed by atoms with Gasteiger partial charge in [-0.05, 0) is 0 Å². The van der Waals surface area contributed by atoms with Crippen molar-refractivity contribution in [2.75, 3.05) is 26.4 Å². The molecule has 5 heterocycles. The molecule has 5 fully saturated rings. The van der Waals surface area contributed by atoms with Crippen LogP contribution in [0.15, 0.2) is 0 Å². The van der Waals surface area contributed by atoms with Crippen LogP contribution in [0.3, 0.4) is 0 Å². The van der Waals surface area contributed by atoms with Crippen molar-refractivity contribution in [1.82, 2.24) is 9.44 Å². The fourth-order valence-corrected chi connectivity index (χ4v) is 11.6. The van der Waals surface area contributed by atoms with Crippen LogP contribution in [-0.2, 0) is 146 Å². The number of rotatable bonds is 28. The van der Waals surface area contributed by atoms with Gasteiger partial charge in [-0.2, -0.15) is 68.4 Å². The molecule has 5 saturated heterocycles. The average molecular weight is 1400 g/mol.